The van der Waals surface area contributed by atoms with E-state index in [2.05, 4.69) is 10.6 Å². The molecular formula is C28H29KN6O8. The molecule has 0 unspecified atom stereocenters. The van der Waals surface area contributed by atoms with Gasteiger partial charge in [0.2, 0.25) is 11.8 Å². The van der Waals surface area contributed by atoms with Crippen LogP contribution < -0.4 is 76.9 Å². The average Bonchev–Trinajstić information content (AvgIpc) is 2.95. The van der Waals surface area contributed by atoms with E-state index in [1.54, 1.807) is 48.5 Å². The average molecular weight is 617 g/mol. The molecule has 0 fully saturated rings. The molecule has 3 aromatic rings. The van der Waals surface area contributed by atoms with E-state index < -0.39 is 56.0 Å². The van der Waals surface area contributed by atoms with E-state index in [-0.39, 0.29) is 64.5 Å². The van der Waals surface area contributed by atoms with E-state index in [1.807, 2.05) is 38.0 Å². The number of hydrogen-bond donors (Lipinski definition) is 2. The van der Waals surface area contributed by atoms with Gasteiger partial charge < -0.3 is 30.3 Å². The summed E-state index contributed by atoms with van der Waals surface area (Å²) < 4.78 is 0. The van der Waals surface area contributed by atoms with Crippen LogP contribution in [0.2, 0.25) is 0 Å². The van der Waals surface area contributed by atoms with Crippen molar-refractivity contribution in [1.82, 2.24) is 10.6 Å². The molecule has 0 saturated carbocycles. The second kappa shape index (κ2) is 15.5. The van der Waals surface area contributed by atoms with Gasteiger partial charge in [-0.1, -0.05) is 24.3 Å². The summed E-state index contributed by atoms with van der Waals surface area (Å²) in [6, 6.07) is 15.1. The maximum Gasteiger partial charge on any atom is 1.00 e. The summed E-state index contributed by atoms with van der Waals surface area (Å²) in [6.45, 7) is -0.192. The smallest absolute Gasteiger partial charge is 0.545 e. The Hall–Kier alpha value is -3.89. The van der Waals surface area contributed by atoms with E-state index in [9.17, 15) is 39.7 Å². The van der Waals surface area contributed by atoms with Gasteiger partial charge in [-0.15, -0.1) is 0 Å². The summed E-state index contributed by atoms with van der Waals surface area (Å²) in [4.78, 5) is 63.9. The van der Waals surface area contributed by atoms with Crippen LogP contribution in [0.4, 0.5) is 22.7 Å². The molecule has 15 heteroatoms. The number of carbonyl (C=O) groups excluding carboxylic acids is 3. The third-order valence-electron chi connectivity index (χ3n) is 6.42. The molecule has 220 valence electrons. The molecule has 0 aromatic heterocycles. The first kappa shape index (κ1) is 35.3. The molecular weight excluding hydrogens is 587 g/mol. The Kier molecular flexibility index (Phi) is 12.8. The molecule has 14 nitrogen and oxygen atoms in total. The van der Waals surface area contributed by atoms with E-state index in [4.69, 9.17) is 0 Å². The fourth-order valence-corrected chi connectivity index (χ4v) is 4.13. The van der Waals surface area contributed by atoms with E-state index in [1.165, 1.54) is 0 Å². The Morgan fingerprint density at radius 1 is 0.721 bits per heavy atom. The van der Waals surface area contributed by atoms with Gasteiger partial charge in [0, 0.05) is 70.4 Å². The van der Waals surface area contributed by atoms with Crippen LogP contribution in [0.15, 0.2) is 60.7 Å². The number of carboxylic acid groups (broad SMARTS) is 1. The largest absolute Gasteiger partial charge is 1.00 e. The van der Waals surface area contributed by atoms with Gasteiger partial charge in [-0.05, 0) is 35.4 Å². The van der Waals surface area contributed by atoms with Crippen molar-refractivity contribution in [3.63, 3.8) is 0 Å². The second-order valence-corrected chi connectivity index (χ2v) is 9.72. The van der Waals surface area contributed by atoms with Crippen molar-refractivity contribution in [2.45, 2.75) is 19.0 Å². The van der Waals surface area contributed by atoms with Gasteiger partial charge in [0.25, 0.3) is 11.4 Å². The maximum absolute atomic E-state index is 13.5. The molecule has 3 rings (SSSR count). The molecule has 0 saturated heterocycles. The standard InChI is InChI=1S/C28H30N6O8.K/c1-31(2)20-9-5-17(6-10-20)15-29-26(35)25(27(36)30-16-18-7-11-21(12-8-18)32(3)4)24-22(33(39)40)13-19(28(37)38)14-23(24)34(41)42;/h5-14,25H,15-16H2,1-4H3,(H,29,35)(H,30,36)(H,37,38);/q;+1/p-1. The molecule has 0 aliphatic heterocycles. The van der Waals surface area contributed by atoms with E-state index >= 15 is 0 Å². The van der Waals surface area contributed by atoms with Crippen LogP contribution in [0.5, 0.6) is 0 Å². The first-order valence-electron chi connectivity index (χ1n) is 12.6. The Morgan fingerprint density at radius 2 is 1.07 bits per heavy atom. The molecule has 43 heavy (non-hydrogen) atoms. The van der Waals surface area contributed by atoms with Crippen molar-refractivity contribution in [3.05, 3.63) is 103 Å². The van der Waals surface area contributed by atoms with Gasteiger partial charge in [0.1, 0.15) is 5.56 Å². The van der Waals surface area contributed by atoms with Gasteiger partial charge in [0.15, 0.2) is 5.92 Å². The van der Waals surface area contributed by atoms with Crippen LogP contribution in [0.1, 0.15) is 33.0 Å². The summed E-state index contributed by atoms with van der Waals surface area (Å²) in [7, 11) is 7.40. The maximum atomic E-state index is 13.5. The zero-order valence-electron chi connectivity index (χ0n) is 24.3. The minimum absolute atomic E-state index is 0. The monoisotopic (exact) mass is 616 g/mol. The van der Waals surface area contributed by atoms with Crippen LogP contribution in [-0.2, 0) is 22.7 Å². The normalized spacial score (nSPS) is 10.3. The number of nitro groups is 2. The minimum Gasteiger partial charge on any atom is -0.545 e. The van der Waals surface area contributed by atoms with Gasteiger partial charge >= 0.3 is 51.4 Å². The molecule has 0 aliphatic rings. The number of nitrogens with one attached hydrogen (secondary N) is 2. The number of hydrogen-bond acceptors (Lipinski definition) is 10. The Morgan fingerprint density at radius 3 is 1.35 bits per heavy atom. The number of carboxylic acids is 1. The summed E-state index contributed by atoms with van der Waals surface area (Å²) in [5, 5.41) is 40.4. The van der Waals surface area contributed by atoms with Crippen LogP contribution in [0.25, 0.3) is 0 Å². The molecule has 0 bridgehead atoms. The predicted molar refractivity (Wildman–Crippen MR) is 152 cm³/mol. The number of nitrogens with zero attached hydrogens (tertiary/aromatic N) is 4. The third-order valence-corrected chi connectivity index (χ3v) is 6.42. The van der Waals surface area contributed by atoms with Gasteiger partial charge in [-0.2, -0.15) is 0 Å². The van der Waals surface area contributed by atoms with Gasteiger partial charge in [-0.3, -0.25) is 29.8 Å². The fraction of sp³-hybridized carbons (Fsp3) is 0.250. The Balaban J connectivity index is 0.00000645. The van der Waals surface area contributed by atoms with Crippen molar-refractivity contribution in [2.24, 2.45) is 0 Å². The summed E-state index contributed by atoms with van der Waals surface area (Å²) in [6.07, 6.45) is 0. The molecule has 0 spiro atoms. The van der Waals surface area contributed by atoms with Crippen molar-refractivity contribution >= 4 is 40.5 Å². The zero-order chi connectivity index (χ0) is 31.1. The summed E-state index contributed by atoms with van der Waals surface area (Å²) in [5.41, 5.74) is -0.820. The number of carbonyl (C=O) groups is 3. The molecule has 0 atom stereocenters. The molecule has 0 radical (unpaired) electrons. The van der Waals surface area contributed by atoms with Crippen molar-refractivity contribution in [2.75, 3.05) is 38.0 Å². The van der Waals surface area contributed by atoms with Crippen molar-refractivity contribution < 1.29 is 80.7 Å². The number of benzene rings is 3. The van der Waals surface area contributed by atoms with Crippen molar-refractivity contribution in [1.29, 1.82) is 0 Å². The third kappa shape index (κ3) is 9.05. The first-order chi connectivity index (χ1) is 19.8. The minimum atomic E-state index is -2.07. The van der Waals surface area contributed by atoms with E-state index in [0.29, 0.717) is 23.3 Å². The molecule has 2 N–H and O–H groups in total. The zero-order valence-corrected chi connectivity index (χ0v) is 27.4. The SMILES string of the molecule is CN(C)c1ccc(CNC(=O)C(C(=O)NCc2ccc(N(C)C)cc2)c2c([N+](=O)[O-])cc(C(=O)[O-])cc2[N+](=O)[O-])cc1.[K+]. The molecule has 2 amide bonds. The molecule has 0 heterocycles. The Labute approximate surface area is 289 Å². The first-order valence-corrected chi connectivity index (χ1v) is 12.6. The predicted octanol–water partition coefficient (Wildman–Crippen LogP) is -1.28. The molecule has 0 aliphatic carbocycles. The quantitative estimate of drug-likeness (QED) is 0.107. The Bertz CT molecular complexity index is 1410. The number of anilines is 2. The molecule has 3 aromatic carbocycles. The van der Waals surface area contributed by atoms with Crippen LogP contribution in [0, 0.1) is 20.2 Å². The number of amides is 2. The topological polar surface area (TPSA) is 191 Å². The number of rotatable bonds is 12. The van der Waals surface area contributed by atoms with Crippen LogP contribution in [0.3, 0.4) is 0 Å². The summed E-state index contributed by atoms with van der Waals surface area (Å²) >= 11 is 0. The van der Waals surface area contributed by atoms with Gasteiger partial charge in [-0.25, -0.2) is 0 Å². The van der Waals surface area contributed by atoms with Gasteiger partial charge in [0.05, 0.1) is 15.8 Å². The number of nitro benzene ring substituents is 2. The summed E-state index contributed by atoms with van der Waals surface area (Å²) in [5.74, 6) is -6.08. The van der Waals surface area contributed by atoms with Crippen molar-refractivity contribution in [3.8, 4) is 0 Å². The fourth-order valence-electron chi connectivity index (χ4n) is 4.13. The van der Waals surface area contributed by atoms with Crippen LogP contribution in [-0.4, -0.2) is 55.8 Å². The van der Waals surface area contributed by atoms with Crippen LogP contribution >= 0.6 is 0 Å². The number of aromatic carboxylic acids is 1. The second-order valence-electron chi connectivity index (χ2n) is 9.72. The van der Waals surface area contributed by atoms with E-state index in [0.717, 1.165) is 11.4 Å².